The lowest BCUT2D eigenvalue weighted by Gasteiger charge is -2.20. The van der Waals surface area contributed by atoms with Crippen LogP contribution in [0.1, 0.15) is 51.9 Å². The lowest BCUT2D eigenvalue weighted by Crippen LogP contribution is -2.40. The van der Waals surface area contributed by atoms with E-state index in [0.717, 1.165) is 25.4 Å². The number of rotatable bonds is 8. The minimum Gasteiger partial charge on any atom is -0.357 e. The highest BCUT2D eigenvalue weighted by Gasteiger charge is 2.12. The topological polar surface area (TPSA) is 96.6 Å². The van der Waals surface area contributed by atoms with Crippen molar-refractivity contribution in [3.05, 3.63) is 0 Å². The van der Waals surface area contributed by atoms with Gasteiger partial charge in [0.25, 0.3) is 0 Å². The number of nitrogens with zero attached hydrogens (tertiary/aromatic N) is 1. The van der Waals surface area contributed by atoms with Crippen molar-refractivity contribution in [1.82, 2.24) is 10.6 Å². The minimum absolute atomic E-state index is 0.0838. The molecule has 7 heteroatoms. The normalized spacial score (nSPS) is 17.7. The Bertz CT molecular complexity index is 403. The molecule has 4 N–H and O–H groups in total. The summed E-state index contributed by atoms with van der Waals surface area (Å²) in [5, 5.41) is 11.1. The van der Waals surface area contributed by atoms with E-state index in [1.165, 1.54) is 38.5 Å². The van der Waals surface area contributed by atoms with Crippen molar-refractivity contribution in [3.8, 4) is 0 Å². The number of primary sulfonamides is 1. The number of aliphatic imine (C=N–C) groups is 1. The van der Waals surface area contributed by atoms with Crippen LogP contribution in [-0.4, -0.2) is 39.8 Å². The fraction of sp³-hybridized carbons (Fsp3) is 0.929. The summed E-state index contributed by atoms with van der Waals surface area (Å²) in [5.74, 6) is 1.47. The zero-order chi connectivity index (χ0) is 15.6. The van der Waals surface area contributed by atoms with Crippen molar-refractivity contribution in [2.45, 2.75) is 51.9 Å². The molecule has 21 heavy (non-hydrogen) atoms. The van der Waals surface area contributed by atoms with Crippen molar-refractivity contribution in [3.63, 3.8) is 0 Å². The molecule has 6 nitrogen and oxygen atoms in total. The van der Waals surface area contributed by atoms with Crippen LogP contribution in [-0.2, 0) is 10.0 Å². The zero-order valence-electron chi connectivity index (χ0n) is 13.1. The number of nitrogens with one attached hydrogen (secondary N) is 2. The van der Waals surface area contributed by atoms with E-state index in [-0.39, 0.29) is 12.3 Å². The molecule has 1 rings (SSSR count). The molecular weight excluding hydrogens is 288 g/mol. The highest BCUT2D eigenvalue weighted by atomic mass is 32.2. The fourth-order valence-electron chi connectivity index (χ4n) is 2.70. The lowest BCUT2D eigenvalue weighted by atomic mass is 9.86. The van der Waals surface area contributed by atoms with E-state index in [2.05, 4.69) is 15.6 Å². The van der Waals surface area contributed by atoms with Crippen molar-refractivity contribution in [1.29, 1.82) is 0 Å². The summed E-state index contributed by atoms with van der Waals surface area (Å²) in [6.45, 7) is 3.80. The van der Waals surface area contributed by atoms with Crippen LogP contribution in [0.5, 0.6) is 0 Å². The predicted octanol–water partition coefficient (Wildman–Crippen LogP) is 1.19. The summed E-state index contributed by atoms with van der Waals surface area (Å²) >= 11 is 0. The highest BCUT2D eigenvalue weighted by Crippen LogP contribution is 2.27. The molecule has 0 amide bonds. The first-order chi connectivity index (χ1) is 10.0. The molecule has 0 atom stereocenters. The third kappa shape index (κ3) is 9.68. The molecule has 1 aliphatic rings. The van der Waals surface area contributed by atoms with Gasteiger partial charge >= 0.3 is 0 Å². The van der Waals surface area contributed by atoms with Crippen LogP contribution in [0.15, 0.2) is 4.99 Å². The van der Waals surface area contributed by atoms with Gasteiger partial charge < -0.3 is 10.6 Å². The molecule has 1 saturated carbocycles. The summed E-state index contributed by atoms with van der Waals surface area (Å²) in [6.07, 6.45) is 9.24. The summed E-state index contributed by atoms with van der Waals surface area (Å²) in [7, 11) is -3.42. The van der Waals surface area contributed by atoms with Crippen LogP contribution in [0.3, 0.4) is 0 Å². The highest BCUT2D eigenvalue weighted by molar-refractivity contribution is 7.89. The van der Waals surface area contributed by atoms with Gasteiger partial charge in [-0.05, 0) is 25.7 Å². The molecule has 124 valence electrons. The first kappa shape index (κ1) is 18.2. The third-order valence-corrected chi connectivity index (χ3v) is 4.56. The largest absolute Gasteiger partial charge is 0.357 e. The summed E-state index contributed by atoms with van der Waals surface area (Å²) < 4.78 is 21.8. The maximum absolute atomic E-state index is 10.9. The van der Waals surface area contributed by atoms with E-state index in [9.17, 15) is 8.42 Å². The van der Waals surface area contributed by atoms with Crippen molar-refractivity contribution in [2.75, 3.05) is 25.4 Å². The molecule has 0 bridgehead atoms. The minimum atomic E-state index is -3.42. The quantitative estimate of drug-likeness (QED) is 0.356. The lowest BCUT2D eigenvalue weighted by molar-refractivity contribution is 0.334. The van der Waals surface area contributed by atoms with Gasteiger partial charge in [0.1, 0.15) is 0 Å². The number of nitrogens with two attached hydrogens (primary N) is 1. The molecule has 0 unspecified atom stereocenters. The Morgan fingerprint density at radius 3 is 2.57 bits per heavy atom. The first-order valence-electron chi connectivity index (χ1n) is 8.04. The molecule has 0 spiro atoms. The molecule has 0 aromatic heterocycles. The summed E-state index contributed by atoms with van der Waals surface area (Å²) in [4.78, 5) is 4.48. The molecule has 1 fully saturated rings. The smallest absolute Gasteiger partial charge is 0.210 e. The molecule has 0 aromatic rings. The SMILES string of the molecule is CCNC(=NCCCC1CCCCC1)NCCS(N)(=O)=O. The van der Waals surface area contributed by atoms with Gasteiger partial charge in [0.2, 0.25) is 10.0 Å². The Morgan fingerprint density at radius 1 is 1.24 bits per heavy atom. The Morgan fingerprint density at radius 2 is 1.95 bits per heavy atom. The van der Waals surface area contributed by atoms with E-state index >= 15 is 0 Å². The number of hydrogen-bond acceptors (Lipinski definition) is 3. The zero-order valence-corrected chi connectivity index (χ0v) is 13.9. The van der Waals surface area contributed by atoms with Crippen LogP contribution >= 0.6 is 0 Å². The Hall–Kier alpha value is -0.820. The second-order valence-corrected chi connectivity index (χ2v) is 7.43. The number of hydrogen-bond donors (Lipinski definition) is 3. The van der Waals surface area contributed by atoms with Crippen molar-refractivity contribution in [2.24, 2.45) is 16.0 Å². The van der Waals surface area contributed by atoms with E-state index in [0.29, 0.717) is 5.96 Å². The average molecular weight is 318 g/mol. The van der Waals surface area contributed by atoms with Crippen LogP contribution in [0.25, 0.3) is 0 Å². The fourth-order valence-corrected chi connectivity index (χ4v) is 3.09. The molecule has 0 aromatic carbocycles. The molecule has 0 aliphatic heterocycles. The number of guanidine groups is 1. The predicted molar refractivity (Wildman–Crippen MR) is 87.8 cm³/mol. The van der Waals surface area contributed by atoms with Gasteiger partial charge in [0.15, 0.2) is 5.96 Å². The summed E-state index contributed by atoms with van der Waals surface area (Å²) in [6, 6.07) is 0. The Kier molecular flexibility index (Phi) is 8.68. The third-order valence-electron chi connectivity index (χ3n) is 3.79. The maximum atomic E-state index is 10.9. The van der Waals surface area contributed by atoms with Crippen LogP contribution in [0.2, 0.25) is 0 Å². The monoisotopic (exact) mass is 318 g/mol. The van der Waals surface area contributed by atoms with Gasteiger partial charge in [-0.3, -0.25) is 4.99 Å². The van der Waals surface area contributed by atoms with Crippen LogP contribution in [0, 0.1) is 5.92 Å². The van der Waals surface area contributed by atoms with E-state index in [4.69, 9.17) is 5.14 Å². The van der Waals surface area contributed by atoms with Gasteiger partial charge in [-0.1, -0.05) is 32.1 Å². The molecule has 0 radical (unpaired) electrons. The van der Waals surface area contributed by atoms with Crippen LogP contribution < -0.4 is 15.8 Å². The van der Waals surface area contributed by atoms with Crippen molar-refractivity contribution >= 4 is 16.0 Å². The molecule has 0 saturated heterocycles. The van der Waals surface area contributed by atoms with Gasteiger partial charge in [-0.15, -0.1) is 0 Å². The van der Waals surface area contributed by atoms with E-state index in [1.807, 2.05) is 6.92 Å². The second kappa shape index (κ2) is 10.00. The average Bonchev–Trinajstić information content (AvgIpc) is 2.43. The standard InChI is InChI=1S/C14H30N4O2S/c1-2-16-14(18-11-12-21(15,19)20)17-10-6-9-13-7-4-3-5-8-13/h13H,2-12H2,1H3,(H2,15,19,20)(H2,16,17,18). The molecular formula is C14H30N4O2S. The van der Waals surface area contributed by atoms with Crippen molar-refractivity contribution < 1.29 is 8.42 Å². The van der Waals surface area contributed by atoms with Gasteiger partial charge in [-0.25, -0.2) is 13.6 Å². The van der Waals surface area contributed by atoms with Gasteiger partial charge in [0.05, 0.1) is 5.75 Å². The number of sulfonamides is 1. The Balaban J connectivity index is 2.23. The van der Waals surface area contributed by atoms with Gasteiger partial charge in [-0.2, -0.15) is 0 Å². The van der Waals surface area contributed by atoms with Gasteiger partial charge in [0, 0.05) is 19.6 Å². The first-order valence-corrected chi connectivity index (χ1v) is 9.75. The van der Waals surface area contributed by atoms with E-state index in [1.54, 1.807) is 0 Å². The van der Waals surface area contributed by atoms with Crippen LogP contribution in [0.4, 0.5) is 0 Å². The van der Waals surface area contributed by atoms with E-state index < -0.39 is 10.0 Å². The second-order valence-electron chi connectivity index (χ2n) is 5.70. The summed E-state index contributed by atoms with van der Waals surface area (Å²) in [5.41, 5.74) is 0. The Labute approximate surface area is 129 Å². The maximum Gasteiger partial charge on any atom is 0.210 e. The molecule has 0 heterocycles. The molecule has 1 aliphatic carbocycles.